The number of amides is 1. The molecule has 0 saturated carbocycles. The van der Waals surface area contributed by atoms with Crippen LogP contribution in [0.3, 0.4) is 0 Å². The van der Waals surface area contributed by atoms with Gasteiger partial charge in [0.15, 0.2) is 37.3 Å². The molecular formula is C36H42N6O6Si. The number of benzene rings is 2. The van der Waals surface area contributed by atoms with Crippen LogP contribution in [0, 0.1) is 12.3 Å². The second-order valence-electron chi connectivity index (χ2n) is 12.5. The number of nitrogens with one attached hydrogen (secondary N) is 1. The molecule has 0 unspecified atom stereocenters. The van der Waals surface area contributed by atoms with E-state index in [2.05, 4.69) is 42.0 Å². The first-order valence-corrected chi connectivity index (χ1v) is 19.1. The maximum absolute atomic E-state index is 13.2. The van der Waals surface area contributed by atoms with Gasteiger partial charge in [-0.15, -0.1) is 6.42 Å². The number of carbonyl (C=O) groups excluding carboxylic acids is 1. The average molecular weight is 683 g/mol. The molecule has 2 aliphatic heterocycles. The maximum Gasteiger partial charge on any atom is 0.256 e. The number of anilines is 1. The fourth-order valence-corrected chi connectivity index (χ4v) is 9.17. The Bertz CT molecular complexity index is 1850. The van der Waals surface area contributed by atoms with Gasteiger partial charge in [0.1, 0.15) is 36.5 Å². The zero-order chi connectivity index (χ0) is 34.8. The lowest BCUT2D eigenvalue weighted by Gasteiger charge is -2.34. The summed E-state index contributed by atoms with van der Waals surface area (Å²) in [6.45, 7) is 10.2. The van der Waals surface area contributed by atoms with Crippen molar-refractivity contribution in [2.75, 3.05) is 12.4 Å². The van der Waals surface area contributed by atoms with Crippen molar-refractivity contribution < 1.29 is 28.2 Å². The van der Waals surface area contributed by atoms with Crippen molar-refractivity contribution in [1.29, 1.82) is 0 Å². The number of aromatic nitrogens is 4. The Labute approximate surface area is 287 Å². The summed E-state index contributed by atoms with van der Waals surface area (Å²) in [5, 5.41) is 2.89. The molecule has 49 heavy (non-hydrogen) atoms. The van der Waals surface area contributed by atoms with E-state index in [4.69, 9.17) is 39.8 Å². The van der Waals surface area contributed by atoms with Crippen LogP contribution in [0.5, 0.6) is 5.75 Å². The van der Waals surface area contributed by atoms with Gasteiger partial charge in [-0.25, -0.2) is 19.9 Å². The highest BCUT2D eigenvalue weighted by atomic mass is 28.4. The molecule has 5 atom stereocenters. The van der Waals surface area contributed by atoms with Crippen LogP contribution in [0.15, 0.2) is 65.9 Å². The number of terminal acetylenes is 1. The van der Waals surface area contributed by atoms with Crippen LogP contribution in [0.1, 0.15) is 56.8 Å². The minimum Gasteiger partial charge on any atom is -0.497 e. The molecular weight excluding hydrogens is 641 g/mol. The molecule has 1 amide bonds. The fourth-order valence-electron chi connectivity index (χ4n) is 6.43. The monoisotopic (exact) mass is 682 g/mol. The summed E-state index contributed by atoms with van der Waals surface area (Å²) in [5.41, 5.74) is 2.00. The van der Waals surface area contributed by atoms with Crippen LogP contribution in [0.25, 0.3) is 11.2 Å². The highest BCUT2D eigenvalue weighted by Crippen LogP contribution is 2.47. The first kappa shape index (κ1) is 34.4. The van der Waals surface area contributed by atoms with Gasteiger partial charge in [0.2, 0.25) is 5.95 Å². The lowest BCUT2D eigenvalue weighted by atomic mass is 10.1. The van der Waals surface area contributed by atoms with E-state index in [1.54, 1.807) is 42.2 Å². The van der Waals surface area contributed by atoms with Gasteiger partial charge < -0.3 is 28.7 Å². The molecule has 4 aromatic rings. The second-order valence-corrected chi connectivity index (χ2v) is 17.3. The molecule has 13 heteroatoms. The van der Waals surface area contributed by atoms with Gasteiger partial charge >= 0.3 is 0 Å². The van der Waals surface area contributed by atoms with E-state index in [9.17, 15) is 4.79 Å². The zero-order valence-electron chi connectivity index (χ0n) is 28.6. The number of ether oxygens (including phenoxy) is 4. The van der Waals surface area contributed by atoms with E-state index in [1.807, 2.05) is 44.2 Å². The van der Waals surface area contributed by atoms with Crippen molar-refractivity contribution in [3.05, 3.63) is 72.1 Å². The van der Waals surface area contributed by atoms with E-state index in [0.29, 0.717) is 16.7 Å². The maximum atomic E-state index is 13.2. The molecule has 2 aromatic heterocycles. The van der Waals surface area contributed by atoms with Crippen molar-refractivity contribution in [3.63, 3.8) is 0 Å². The first-order valence-electron chi connectivity index (χ1n) is 16.6. The van der Waals surface area contributed by atoms with Crippen molar-refractivity contribution in [1.82, 2.24) is 19.5 Å². The third kappa shape index (κ3) is 6.88. The first-order chi connectivity index (χ1) is 23.6. The van der Waals surface area contributed by atoms with E-state index in [1.165, 1.54) is 6.33 Å². The minimum absolute atomic E-state index is 0.225. The number of rotatable bonds is 12. The molecule has 0 bridgehead atoms. The quantitative estimate of drug-likeness (QED) is 0.104. The van der Waals surface area contributed by atoms with Gasteiger partial charge in [-0.3, -0.25) is 9.36 Å². The van der Waals surface area contributed by atoms with E-state index < -0.39 is 44.7 Å². The Balaban J connectivity index is 1.45. The number of imidazole rings is 1. The molecule has 256 valence electrons. The van der Waals surface area contributed by atoms with Crippen molar-refractivity contribution in [2.45, 2.75) is 89.2 Å². The van der Waals surface area contributed by atoms with Gasteiger partial charge in [0.25, 0.3) is 5.91 Å². The molecule has 2 saturated heterocycles. The number of aliphatic imine (C=N–C) groups is 1. The summed E-state index contributed by atoms with van der Waals surface area (Å²) in [6.07, 6.45) is 5.94. The van der Waals surface area contributed by atoms with Crippen molar-refractivity contribution in [3.8, 4) is 18.1 Å². The normalized spacial score (nSPS) is 22.2. The van der Waals surface area contributed by atoms with Crippen molar-refractivity contribution in [2.24, 2.45) is 4.99 Å². The highest BCUT2D eigenvalue weighted by molar-refractivity contribution is 6.73. The lowest BCUT2D eigenvalue weighted by molar-refractivity contribution is -0.202. The molecule has 2 aromatic carbocycles. The van der Waals surface area contributed by atoms with Crippen molar-refractivity contribution >= 4 is 43.4 Å². The fraction of sp³-hybridized carbons (Fsp3) is 0.417. The summed E-state index contributed by atoms with van der Waals surface area (Å²) < 4.78 is 33.6. The summed E-state index contributed by atoms with van der Waals surface area (Å²) in [4.78, 5) is 31.8. The summed E-state index contributed by atoms with van der Waals surface area (Å²) in [6, 6.07) is 19.1. The standard InChI is InChI=1S/C36H42N6O6Si/c1-8-26(48-49(9-2,10-3)11-4)28-29-30(47-36(5,6)46-29)34(45-28)42-32-27(40-35(42)37-21-23-17-19-25(44-7)20-18-23)31(38-22-39-32)41-33(43)24-15-13-12-14-16-24/h1,12-22,26,28-30,34H,9-11H2,2-7H3,(H,38,39,41,43)/b37-21+/t26-,28-,29-,30-,34-/m1/s1. The van der Waals surface area contributed by atoms with Gasteiger partial charge in [0, 0.05) is 11.8 Å². The molecule has 6 rings (SSSR count). The topological polar surface area (TPSA) is 131 Å². The zero-order valence-corrected chi connectivity index (χ0v) is 29.6. The average Bonchev–Trinajstić information content (AvgIpc) is 3.77. The molecule has 4 heterocycles. The third-order valence-corrected chi connectivity index (χ3v) is 13.9. The molecule has 0 radical (unpaired) electrons. The molecule has 2 aliphatic rings. The number of hydrogen-bond acceptors (Lipinski definition) is 10. The number of nitrogens with zero attached hydrogens (tertiary/aromatic N) is 5. The van der Waals surface area contributed by atoms with Gasteiger partial charge in [0.05, 0.1) is 7.11 Å². The van der Waals surface area contributed by atoms with Crippen LogP contribution >= 0.6 is 0 Å². The largest absolute Gasteiger partial charge is 0.497 e. The van der Waals surface area contributed by atoms with Gasteiger partial charge in [-0.1, -0.05) is 44.9 Å². The van der Waals surface area contributed by atoms with E-state index in [-0.39, 0.29) is 17.7 Å². The predicted molar refractivity (Wildman–Crippen MR) is 189 cm³/mol. The molecule has 1 N–H and O–H groups in total. The Hall–Kier alpha value is -4.45. The summed E-state index contributed by atoms with van der Waals surface area (Å²) in [7, 11) is -0.516. The van der Waals surface area contributed by atoms with Crippen LogP contribution in [0.4, 0.5) is 11.8 Å². The predicted octanol–water partition coefficient (Wildman–Crippen LogP) is 6.28. The van der Waals surface area contributed by atoms with Gasteiger partial charge in [-0.2, -0.15) is 0 Å². The molecule has 0 aliphatic carbocycles. The SMILES string of the molecule is C#C[C@@H](O[Si](CC)(CC)CC)[C@H]1O[C@@H](n2c(/N=C/c3ccc(OC)cc3)nc3c(NC(=O)c4ccccc4)ncnc32)[C@@H]2OC(C)(C)O[C@@H]21. The van der Waals surface area contributed by atoms with E-state index >= 15 is 0 Å². The lowest BCUT2D eigenvalue weighted by Crippen LogP contribution is -2.47. The number of fused-ring (bicyclic) bond motifs is 2. The molecule has 12 nitrogen and oxygen atoms in total. The summed E-state index contributed by atoms with van der Waals surface area (Å²) in [5.74, 6) is 2.83. The number of methoxy groups -OCH3 is 1. The Morgan fingerprint density at radius 3 is 2.43 bits per heavy atom. The van der Waals surface area contributed by atoms with Crippen LogP contribution in [0.2, 0.25) is 18.1 Å². The Kier molecular flexibility index (Phi) is 9.96. The highest BCUT2D eigenvalue weighted by Gasteiger charge is 2.59. The third-order valence-electron chi connectivity index (χ3n) is 9.26. The van der Waals surface area contributed by atoms with Crippen LogP contribution < -0.4 is 10.1 Å². The number of hydrogen-bond donors (Lipinski definition) is 1. The second kappa shape index (κ2) is 14.2. The Morgan fingerprint density at radius 1 is 1.08 bits per heavy atom. The molecule has 2 fully saturated rings. The molecule has 0 spiro atoms. The van der Waals surface area contributed by atoms with Crippen LogP contribution in [-0.4, -0.2) is 77.3 Å². The smallest absolute Gasteiger partial charge is 0.256 e. The minimum atomic E-state index is -2.13. The Morgan fingerprint density at radius 2 is 1.78 bits per heavy atom. The van der Waals surface area contributed by atoms with Crippen LogP contribution in [-0.2, 0) is 18.6 Å². The summed E-state index contributed by atoms with van der Waals surface area (Å²) >= 11 is 0. The number of carbonyl (C=O) groups is 1. The van der Waals surface area contributed by atoms with Gasteiger partial charge in [-0.05, 0) is 73.9 Å². The van der Waals surface area contributed by atoms with E-state index in [0.717, 1.165) is 29.4 Å².